The maximum Gasteiger partial charge on any atom is 0.271 e. The summed E-state index contributed by atoms with van der Waals surface area (Å²) in [4.78, 5) is 19.4. The van der Waals surface area contributed by atoms with E-state index in [0.29, 0.717) is 6.61 Å². The standard InChI is InChI=1S/C10H14ClN3O2/c1-10(2,6-16-3)14-9(15)7-4-13-8(11)5-12-7/h4-5H,6H2,1-3H3,(H,14,15). The summed E-state index contributed by atoms with van der Waals surface area (Å²) in [6.45, 7) is 4.13. The topological polar surface area (TPSA) is 64.1 Å². The van der Waals surface area contributed by atoms with Gasteiger partial charge in [0.25, 0.3) is 5.91 Å². The first-order valence-electron chi connectivity index (χ1n) is 4.73. The maximum atomic E-state index is 11.7. The SMILES string of the molecule is COCC(C)(C)NC(=O)c1cnc(Cl)cn1. The number of amides is 1. The molecule has 6 heteroatoms. The maximum absolute atomic E-state index is 11.7. The highest BCUT2D eigenvalue weighted by Crippen LogP contribution is 2.05. The number of ether oxygens (including phenoxy) is 1. The van der Waals surface area contributed by atoms with Crippen LogP contribution in [-0.4, -0.2) is 35.1 Å². The zero-order chi connectivity index (χ0) is 12.2. The summed E-state index contributed by atoms with van der Waals surface area (Å²) in [5, 5.41) is 3.04. The first kappa shape index (κ1) is 12.9. The lowest BCUT2D eigenvalue weighted by molar-refractivity contribution is 0.0815. The third kappa shape index (κ3) is 3.75. The van der Waals surface area contributed by atoms with Gasteiger partial charge in [-0.25, -0.2) is 9.97 Å². The predicted molar refractivity (Wildman–Crippen MR) is 60.5 cm³/mol. The van der Waals surface area contributed by atoms with E-state index in [2.05, 4.69) is 15.3 Å². The van der Waals surface area contributed by atoms with Crippen molar-refractivity contribution in [3.05, 3.63) is 23.2 Å². The van der Waals surface area contributed by atoms with Gasteiger partial charge in [0.15, 0.2) is 0 Å². The van der Waals surface area contributed by atoms with Gasteiger partial charge < -0.3 is 10.1 Å². The van der Waals surface area contributed by atoms with E-state index in [9.17, 15) is 4.79 Å². The molecule has 5 nitrogen and oxygen atoms in total. The third-order valence-corrected chi connectivity index (χ3v) is 2.01. The molecule has 0 unspecified atom stereocenters. The molecule has 0 fully saturated rings. The van der Waals surface area contributed by atoms with Crippen molar-refractivity contribution in [2.75, 3.05) is 13.7 Å². The van der Waals surface area contributed by atoms with Crippen molar-refractivity contribution in [1.82, 2.24) is 15.3 Å². The summed E-state index contributed by atoms with van der Waals surface area (Å²) in [5.41, 5.74) is -0.221. The van der Waals surface area contributed by atoms with Crippen LogP contribution in [0.2, 0.25) is 5.15 Å². The summed E-state index contributed by atoms with van der Waals surface area (Å²) in [6.07, 6.45) is 2.67. The van der Waals surface area contributed by atoms with Gasteiger partial charge in [-0.3, -0.25) is 4.79 Å². The van der Waals surface area contributed by atoms with Gasteiger partial charge in [0.05, 0.1) is 24.5 Å². The van der Waals surface area contributed by atoms with Crippen LogP contribution in [0.25, 0.3) is 0 Å². The number of nitrogens with one attached hydrogen (secondary N) is 1. The molecule has 1 amide bonds. The average Bonchev–Trinajstić information content (AvgIpc) is 2.17. The van der Waals surface area contributed by atoms with Gasteiger partial charge in [-0.15, -0.1) is 0 Å². The van der Waals surface area contributed by atoms with Crippen molar-refractivity contribution >= 4 is 17.5 Å². The number of carbonyl (C=O) groups is 1. The number of aromatic nitrogens is 2. The lowest BCUT2D eigenvalue weighted by Gasteiger charge is -2.24. The highest BCUT2D eigenvalue weighted by molar-refractivity contribution is 6.29. The number of carbonyl (C=O) groups excluding carboxylic acids is 1. The quantitative estimate of drug-likeness (QED) is 0.866. The number of hydrogen-bond acceptors (Lipinski definition) is 4. The van der Waals surface area contributed by atoms with Gasteiger partial charge in [-0.05, 0) is 13.8 Å². The molecule has 88 valence electrons. The van der Waals surface area contributed by atoms with E-state index in [1.165, 1.54) is 12.4 Å². The fraction of sp³-hybridized carbons (Fsp3) is 0.500. The Balaban J connectivity index is 2.69. The first-order valence-corrected chi connectivity index (χ1v) is 5.11. The Hall–Kier alpha value is -1.20. The van der Waals surface area contributed by atoms with Crippen molar-refractivity contribution in [2.24, 2.45) is 0 Å². The van der Waals surface area contributed by atoms with Crippen LogP contribution in [0, 0.1) is 0 Å². The number of rotatable bonds is 4. The lowest BCUT2D eigenvalue weighted by atomic mass is 10.1. The summed E-state index contributed by atoms with van der Waals surface area (Å²) >= 11 is 5.57. The molecule has 1 aromatic rings. The van der Waals surface area contributed by atoms with Crippen molar-refractivity contribution in [1.29, 1.82) is 0 Å². The molecule has 0 aliphatic rings. The van der Waals surface area contributed by atoms with E-state index in [4.69, 9.17) is 16.3 Å². The fourth-order valence-corrected chi connectivity index (χ4v) is 1.30. The van der Waals surface area contributed by atoms with Crippen molar-refractivity contribution < 1.29 is 9.53 Å². The van der Waals surface area contributed by atoms with E-state index >= 15 is 0 Å². The van der Waals surface area contributed by atoms with Crippen LogP contribution in [0.1, 0.15) is 24.3 Å². The minimum Gasteiger partial charge on any atom is -0.382 e. The number of hydrogen-bond donors (Lipinski definition) is 1. The Morgan fingerprint density at radius 2 is 2.19 bits per heavy atom. The van der Waals surface area contributed by atoms with E-state index in [0.717, 1.165) is 0 Å². The van der Waals surface area contributed by atoms with E-state index in [1.54, 1.807) is 7.11 Å². The van der Waals surface area contributed by atoms with Crippen LogP contribution in [0.4, 0.5) is 0 Å². The average molecular weight is 244 g/mol. The minimum atomic E-state index is -0.451. The summed E-state index contributed by atoms with van der Waals surface area (Å²) in [6, 6.07) is 0. The van der Waals surface area contributed by atoms with Gasteiger partial charge >= 0.3 is 0 Å². The zero-order valence-corrected chi connectivity index (χ0v) is 10.2. The molecule has 0 saturated carbocycles. The van der Waals surface area contributed by atoms with Crippen LogP contribution in [-0.2, 0) is 4.74 Å². The second-order valence-electron chi connectivity index (χ2n) is 4.00. The van der Waals surface area contributed by atoms with Gasteiger partial charge in [-0.1, -0.05) is 11.6 Å². The van der Waals surface area contributed by atoms with Gasteiger partial charge in [0.1, 0.15) is 10.8 Å². The van der Waals surface area contributed by atoms with Crippen LogP contribution >= 0.6 is 11.6 Å². The second-order valence-corrected chi connectivity index (χ2v) is 4.38. The fourth-order valence-electron chi connectivity index (χ4n) is 1.20. The van der Waals surface area contributed by atoms with Crippen molar-refractivity contribution in [2.45, 2.75) is 19.4 Å². The Labute approximate surface area is 99.2 Å². The van der Waals surface area contributed by atoms with E-state index in [-0.39, 0.29) is 16.8 Å². The molecule has 1 aromatic heterocycles. The number of methoxy groups -OCH3 is 1. The highest BCUT2D eigenvalue weighted by atomic mass is 35.5. The predicted octanol–water partition coefficient (Wildman–Crippen LogP) is 1.28. The number of halogens is 1. The highest BCUT2D eigenvalue weighted by Gasteiger charge is 2.21. The Kier molecular flexibility index (Phi) is 4.20. The van der Waals surface area contributed by atoms with Crippen LogP contribution in [0.3, 0.4) is 0 Å². The van der Waals surface area contributed by atoms with E-state index < -0.39 is 5.54 Å². The molecule has 0 bridgehead atoms. The third-order valence-electron chi connectivity index (χ3n) is 1.81. The molecule has 16 heavy (non-hydrogen) atoms. The largest absolute Gasteiger partial charge is 0.382 e. The number of nitrogens with zero attached hydrogens (tertiary/aromatic N) is 2. The second kappa shape index (κ2) is 5.23. The monoisotopic (exact) mass is 243 g/mol. The molecule has 0 atom stereocenters. The molecule has 0 saturated heterocycles. The molecule has 1 N–H and O–H groups in total. The molecule has 0 aromatic carbocycles. The van der Waals surface area contributed by atoms with Crippen LogP contribution in [0.5, 0.6) is 0 Å². The Morgan fingerprint density at radius 1 is 1.50 bits per heavy atom. The Morgan fingerprint density at radius 3 is 2.69 bits per heavy atom. The molecule has 1 heterocycles. The molecule has 0 aliphatic carbocycles. The van der Waals surface area contributed by atoms with Crippen LogP contribution in [0.15, 0.2) is 12.4 Å². The minimum absolute atomic E-state index is 0.230. The van der Waals surface area contributed by atoms with Gasteiger partial charge in [0, 0.05) is 7.11 Å². The summed E-state index contributed by atoms with van der Waals surface area (Å²) < 4.78 is 4.99. The zero-order valence-electron chi connectivity index (χ0n) is 9.45. The van der Waals surface area contributed by atoms with Crippen molar-refractivity contribution in [3.63, 3.8) is 0 Å². The molecular formula is C10H14ClN3O2. The van der Waals surface area contributed by atoms with Gasteiger partial charge in [-0.2, -0.15) is 0 Å². The smallest absolute Gasteiger partial charge is 0.271 e. The molecular weight excluding hydrogens is 230 g/mol. The first-order chi connectivity index (χ1) is 7.44. The summed E-state index contributed by atoms with van der Waals surface area (Å²) in [5.74, 6) is -0.300. The molecule has 0 radical (unpaired) electrons. The lowest BCUT2D eigenvalue weighted by Crippen LogP contribution is -2.47. The van der Waals surface area contributed by atoms with E-state index in [1.807, 2.05) is 13.8 Å². The molecule has 1 rings (SSSR count). The van der Waals surface area contributed by atoms with Crippen molar-refractivity contribution in [3.8, 4) is 0 Å². The molecule has 0 aliphatic heterocycles. The summed E-state index contributed by atoms with van der Waals surface area (Å²) in [7, 11) is 1.58. The van der Waals surface area contributed by atoms with Gasteiger partial charge in [0.2, 0.25) is 0 Å². The normalized spacial score (nSPS) is 11.2. The Bertz CT molecular complexity index is 365. The molecule has 0 spiro atoms. The van der Waals surface area contributed by atoms with Crippen LogP contribution < -0.4 is 5.32 Å².